The number of hydrogen-bond donors (Lipinski definition) is 0. The van der Waals surface area contributed by atoms with Crippen LogP contribution in [0.4, 0.5) is 4.79 Å². The number of carbonyl (C=O) groups is 3. The molecule has 0 radical (unpaired) electrons. The van der Waals surface area contributed by atoms with Gasteiger partial charge >= 0.3 is 6.03 Å². The molecule has 0 bridgehead atoms. The molecule has 0 atom stereocenters. The van der Waals surface area contributed by atoms with Crippen LogP contribution in [0, 0.1) is 0 Å². The second-order valence-electron chi connectivity index (χ2n) is 7.29. The molecule has 0 unspecified atom stereocenters. The lowest BCUT2D eigenvalue weighted by Crippen LogP contribution is -2.48. The molecular weight excluding hydrogens is 360 g/mol. The van der Waals surface area contributed by atoms with E-state index in [1.165, 1.54) is 15.4 Å². The highest BCUT2D eigenvalue weighted by molar-refractivity contribution is 6.01. The molecule has 0 aromatic heterocycles. The number of nitrogens with zero attached hydrogens (tertiary/aromatic N) is 4. The number of hydrogen-bond acceptors (Lipinski definition) is 5. The van der Waals surface area contributed by atoms with Crippen molar-refractivity contribution in [2.24, 2.45) is 0 Å². The summed E-state index contributed by atoms with van der Waals surface area (Å²) < 4.78 is 5.18. The lowest BCUT2D eigenvalue weighted by molar-refractivity contribution is -0.133. The quantitative estimate of drug-likeness (QED) is 0.652. The Morgan fingerprint density at radius 3 is 2.32 bits per heavy atom. The maximum absolute atomic E-state index is 12.4. The number of piperazine rings is 1. The first-order valence-corrected chi connectivity index (χ1v) is 9.66. The Hall–Kier alpha value is -2.61. The van der Waals surface area contributed by atoms with Crippen LogP contribution >= 0.6 is 0 Å². The van der Waals surface area contributed by atoms with E-state index in [1.807, 2.05) is 17.0 Å². The lowest BCUT2D eigenvalue weighted by atomic mass is 10.2. The van der Waals surface area contributed by atoms with E-state index in [-0.39, 0.29) is 24.4 Å². The van der Waals surface area contributed by atoms with Gasteiger partial charge in [-0.2, -0.15) is 0 Å². The van der Waals surface area contributed by atoms with Gasteiger partial charge < -0.3 is 14.5 Å². The molecule has 8 nitrogen and oxygen atoms in total. The third-order valence-corrected chi connectivity index (χ3v) is 5.29. The molecule has 28 heavy (non-hydrogen) atoms. The topological polar surface area (TPSA) is 73.4 Å². The van der Waals surface area contributed by atoms with E-state index in [2.05, 4.69) is 17.0 Å². The summed E-state index contributed by atoms with van der Waals surface area (Å²) in [6, 6.07) is 7.78. The molecule has 152 valence electrons. The maximum Gasteiger partial charge on any atom is 0.326 e. The van der Waals surface area contributed by atoms with Gasteiger partial charge in [0.15, 0.2) is 0 Å². The average Bonchev–Trinajstić information content (AvgIpc) is 2.95. The van der Waals surface area contributed by atoms with Crippen LogP contribution in [0.2, 0.25) is 0 Å². The third-order valence-electron chi connectivity index (χ3n) is 5.29. The van der Waals surface area contributed by atoms with Gasteiger partial charge in [0, 0.05) is 52.7 Å². The SMILES string of the molecule is COc1ccc(CN2CCN(C(=O)CCCN3C(=O)CN(C)C3=O)CC2)cc1. The van der Waals surface area contributed by atoms with Crippen LogP contribution in [0.3, 0.4) is 0 Å². The number of urea groups is 1. The van der Waals surface area contributed by atoms with Crippen molar-refractivity contribution in [2.75, 3.05) is 53.4 Å². The van der Waals surface area contributed by atoms with Gasteiger partial charge in [-0.15, -0.1) is 0 Å². The molecule has 0 spiro atoms. The molecule has 2 heterocycles. The molecule has 2 aliphatic rings. The minimum Gasteiger partial charge on any atom is -0.497 e. The van der Waals surface area contributed by atoms with E-state index < -0.39 is 0 Å². The molecule has 4 amide bonds. The molecule has 2 saturated heterocycles. The Balaban J connectivity index is 1.37. The number of carbonyl (C=O) groups excluding carboxylic acids is 3. The number of benzene rings is 1. The monoisotopic (exact) mass is 388 g/mol. The van der Waals surface area contributed by atoms with Crippen LogP contribution in [0.25, 0.3) is 0 Å². The smallest absolute Gasteiger partial charge is 0.326 e. The highest BCUT2D eigenvalue weighted by Gasteiger charge is 2.33. The van der Waals surface area contributed by atoms with Gasteiger partial charge in [-0.1, -0.05) is 12.1 Å². The van der Waals surface area contributed by atoms with E-state index in [0.29, 0.717) is 32.5 Å². The summed E-state index contributed by atoms with van der Waals surface area (Å²) in [5.41, 5.74) is 1.23. The fourth-order valence-corrected chi connectivity index (χ4v) is 3.58. The van der Waals surface area contributed by atoms with Crippen molar-refractivity contribution >= 4 is 17.8 Å². The fourth-order valence-electron chi connectivity index (χ4n) is 3.58. The summed E-state index contributed by atoms with van der Waals surface area (Å²) >= 11 is 0. The summed E-state index contributed by atoms with van der Waals surface area (Å²) in [5.74, 6) is 0.756. The number of likely N-dealkylation sites (N-methyl/N-ethyl adjacent to an activating group) is 1. The van der Waals surface area contributed by atoms with Gasteiger partial charge in [-0.3, -0.25) is 19.4 Å². The average molecular weight is 388 g/mol. The molecule has 8 heteroatoms. The van der Waals surface area contributed by atoms with Crippen LogP contribution in [-0.4, -0.2) is 90.9 Å². The summed E-state index contributed by atoms with van der Waals surface area (Å²) in [4.78, 5) is 42.9. The number of ether oxygens (including phenoxy) is 1. The minimum absolute atomic E-state index is 0.0940. The predicted octanol–water partition coefficient (Wildman–Crippen LogP) is 1.01. The number of imide groups is 1. The second kappa shape index (κ2) is 9.05. The standard InChI is InChI=1S/C20H28N4O4/c1-21-15-19(26)24(20(21)27)9-3-4-18(25)23-12-10-22(11-13-23)14-16-5-7-17(28-2)8-6-16/h5-8H,3-4,9-15H2,1-2H3. The van der Waals surface area contributed by atoms with E-state index in [0.717, 1.165) is 25.4 Å². The predicted molar refractivity (Wildman–Crippen MR) is 104 cm³/mol. The Labute approximate surface area is 165 Å². The molecule has 0 aliphatic carbocycles. The van der Waals surface area contributed by atoms with Gasteiger partial charge in [0.1, 0.15) is 12.3 Å². The number of methoxy groups -OCH3 is 1. The van der Waals surface area contributed by atoms with Crippen LogP contribution in [0.15, 0.2) is 24.3 Å². The van der Waals surface area contributed by atoms with Crippen LogP contribution < -0.4 is 4.74 Å². The van der Waals surface area contributed by atoms with Crippen LogP contribution in [0.5, 0.6) is 5.75 Å². The summed E-state index contributed by atoms with van der Waals surface area (Å²) in [7, 11) is 3.27. The first-order valence-electron chi connectivity index (χ1n) is 9.66. The van der Waals surface area contributed by atoms with Crippen molar-refractivity contribution in [1.82, 2.24) is 19.6 Å². The van der Waals surface area contributed by atoms with Crippen molar-refractivity contribution in [1.29, 1.82) is 0 Å². The van der Waals surface area contributed by atoms with E-state index in [9.17, 15) is 14.4 Å². The second-order valence-corrected chi connectivity index (χ2v) is 7.29. The molecule has 0 saturated carbocycles. The van der Waals surface area contributed by atoms with Crippen LogP contribution in [-0.2, 0) is 16.1 Å². The molecule has 1 aromatic carbocycles. The molecule has 2 aliphatic heterocycles. The summed E-state index contributed by atoms with van der Waals surface area (Å²) in [5, 5.41) is 0. The maximum atomic E-state index is 12.4. The van der Waals surface area contributed by atoms with Gasteiger partial charge in [0.2, 0.25) is 11.8 Å². The van der Waals surface area contributed by atoms with Crippen molar-refractivity contribution in [3.63, 3.8) is 0 Å². The molecule has 2 fully saturated rings. The van der Waals surface area contributed by atoms with E-state index >= 15 is 0 Å². The number of amides is 4. The van der Waals surface area contributed by atoms with Gasteiger partial charge in [-0.05, 0) is 24.1 Å². The van der Waals surface area contributed by atoms with Crippen molar-refractivity contribution in [2.45, 2.75) is 19.4 Å². The van der Waals surface area contributed by atoms with Crippen molar-refractivity contribution in [3.05, 3.63) is 29.8 Å². The summed E-state index contributed by atoms with van der Waals surface area (Å²) in [6.07, 6.45) is 0.871. The van der Waals surface area contributed by atoms with E-state index in [4.69, 9.17) is 4.74 Å². The van der Waals surface area contributed by atoms with Gasteiger partial charge in [-0.25, -0.2) is 4.79 Å². The molecule has 0 N–H and O–H groups in total. The van der Waals surface area contributed by atoms with Crippen molar-refractivity contribution < 1.29 is 19.1 Å². The van der Waals surface area contributed by atoms with Crippen molar-refractivity contribution in [3.8, 4) is 5.75 Å². The van der Waals surface area contributed by atoms with Gasteiger partial charge in [0.05, 0.1) is 7.11 Å². The Kier molecular flexibility index (Phi) is 6.51. The zero-order chi connectivity index (χ0) is 20.1. The zero-order valence-electron chi connectivity index (χ0n) is 16.6. The summed E-state index contributed by atoms with van der Waals surface area (Å²) in [6.45, 7) is 4.39. The molecule has 3 rings (SSSR count). The van der Waals surface area contributed by atoms with E-state index in [1.54, 1.807) is 14.2 Å². The number of rotatable bonds is 7. The Morgan fingerprint density at radius 2 is 1.75 bits per heavy atom. The van der Waals surface area contributed by atoms with Crippen LogP contribution in [0.1, 0.15) is 18.4 Å². The Morgan fingerprint density at radius 1 is 1.07 bits per heavy atom. The minimum atomic E-state index is -0.274. The zero-order valence-corrected chi connectivity index (χ0v) is 16.6. The molecule has 1 aromatic rings. The first kappa shape index (κ1) is 20.1. The largest absolute Gasteiger partial charge is 0.497 e. The first-order chi connectivity index (χ1) is 13.5. The van der Waals surface area contributed by atoms with Gasteiger partial charge in [0.25, 0.3) is 0 Å². The Bertz CT molecular complexity index is 713. The fraction of sp³-hybridized carbons (Fsp3) is 0.550. The lowest BCUT2D eigenvalue weighted by Gasteiger charge is -2.35. The third kappa shape index (κ3) is 4.81. The highest BCUT2D eigenvalue weighted by Crippen LogP contribution is 2.15. The highest BCUT2D eigenvalue weighted by atomic mass is 16.5. The normalized spacial score (nSPS) is 18.1. The molecular formula is C20H28N4O4.